The number of carbonyl (C=O) groups excluding carboxylic acids is 1. The van der Waals surface area contributed by atoms with Crippen LogP contribution in [0.3, 0.4) is 0 Å². The first-order valence-corrected chi connectivity index (χ1v) is 9.83. The number of rotatable bonds is 7. The van der Waals surface area contributed by atoms with Gasteiger partial charge in [-0.2, -0.15) is 0 Å². The molecule has 148 valence electrons. The highest BCUT2D eigenvalue weighted by molar-refractivity contribution is 5.80. The van der Waals surface area contributed by atoms with E-state index in [4.69, 9.17) is 4.74 Å². The largest absolute Gasteiger partial charge is 0.497 e. The summed E-state index contributed by atoms with van der Waals surface area (Å²) in [4.78, 5) is 20.8. The van der Waals surface area contributed by atoms with E-state index in [1.54, 1.807) is 7.11 Å². The number of nitrogens with zero attached hydrogens (tertiary/aromatic N) is 3. The standard InChI is InChI=1S/C20H31N5O2/c1-21-20(22-10-4-7-19(26)23-16-8-9-16)25-13-11-24(12-14-25)17-5-3-6-18(15-17)27-2/h3,5-6,15-16H,4,7-14H2,1-2H3,(H,21,22)(H,23,26). The van der Waals surface area contributed by atoms with E-state index in [0.29, 0.717) is 12.5 Å². The van der Waals surface area contributed by atoms with Gasteiger partial charge in [0.1, 0.15) is 5.75 Å². The van der Waals surface area contributed by atoms with Crippen molar-refractivity contribution in [1.82, 2.24) is 15.5 Å². The average Bonchev–Trinajstić information content (AvgIpc) is 3.52. The van der Waals surface area contributed by atoms with Crippen molar-refractivity contribution in [3.05, 3.63) is 24.3 Å². The number of amides is 1. The first-order valence-electron chi connectivity index (χ1n) is 9.83. The predicted octanol–water partition coefficient (Wildman–Crippen LogP) is 1.45. The monoisotopic (exact) mass is 373 g/mol. The van der Waals surface area contributed by atoms with Crippen molar-refractivity contribution in [2.75, 3.05) is 51.8 Å². The summed E-state index contributed by atoms with van der Waals surface area (Å²) in [6.07, 6.45) is 3.67. The van der Waals surface area contributed by atoms with E-state index < -0.39 is 0 Å². The lowest BCUT2D eigenvalue weighted by Crippen LogP contribution is -2.52. The minimum Gasteiger partial charge on any atom is -0.497 e. The van der Waals surface area contributed by atoms with Crippen molar-refractivity contribution in [2.45, 2.75) is 31.7 Å². The predicted molar refractivity (Wildman–Crippen MR) is 109 cm³/mol. The highest BCUT2D eigenvalue weighted by Crippen LogP contribution is 2.22. The Balaban J connectivity index is 1.39. The number of carbonyl (C=O) groups is 1. The van der Waals surface area contributed by atoms with Crippen LogP contribution in [0.2, 0.25) is 0 Å². The molecule has 1 aliphatic heterocycles. The van der Waals surface area contributed by atoms with Crippen LogP contribution < -0.4 is 20.3 Å². The summed E-state index contributed by atoms with van der Waals surface area (Å²) in [5, 5.41) is 6.42. The van der Waals surface area contributed by atoms with Gasteiger partial charge >= 0.3 is 0 Å². The van der Waals surface area contributed by atoms with Crippen LogP contribution in [-0.4, -0.2) is 69.7 Å². The quantitative estimate of drug-likeness (QED) is 0.430. The third-order valence-corrected chi connectivity index (χ3v) is 5.02. The van der Waals surface area contributed by atoms with Crippen molar-refractivity contribution >= 4 is 17.6 Å². The Morgan fingerprint density at radius 2 is 2.04 bits per heavy atom. The van der Waals surface area contributed by atoms with E-state index >= 15 is 0 Å². The number of guanidine groups is 1. The van der Waals surface area contributed by atoms with Gasteiger partial charge in [0.25, 0.3) is 0 Å². The van der Waals surface area contributed by atoms with Crippen LogP contribution in [-0.2, 0) is 4.79 Å². The summed E-state index contributed by atoms with van der Waals surface area (Å²) in [6.45, 7) is 4.48. The molecule has 1 saturated carbocycles. The van der Waals surface area contributed by atoms with E-state index in [0.717, 1.165) is 63.7 Å². The topological polar surface area (TPSA) is 69.2 Å². The van der Waals surface area contributed by atoms with Gasteiger partial charge in [0.2, 0.25) is 5.91 Å². The van der Waals surface area contributed by atoms with E-state index in [1.807, 2.05) is 19.2 Å². The Kier molecular flexibility index (Phi) is 6.79. The highest BCUT2D eigenvalue weighted by atomic mass is 16.5. The van der Waals surface area contributed by atoms with Gasteiger partial charge < -0.3 is 25.2 Å². The molecule has 7 nitrogen and oxygen atoms in total. The van der Waals surface area contributed by atoms with Crippen molar-refractivity contribution in [3.63, 3.8) is 0 Å². The number of hydrogen-bond acceptors (Lipinski definition) is 4. The highest BCUT2D eigenvalue weighted by Gasteiger charge is 2.23. The summed E-state index contributed by atoms with van der Waals surface area (Å²) in [5.74, 6) is 1.97. The second kappa shape index (κ2) is 9.48. The van der Waals surface area contributed by atoms with Crippen LogP contribution in [0.15, 0.2) is 29.3 Å². The minimum absolute atomic E-state index is 0.168. The molecule has 0 unspecified atom stereocenters. The van der Waals surface area contributed by atoms with Gasteiger partial charge in [0.15, 0.2) is 5.96 Å². The fourth-order valence-corrected chi connectivity index (χ4v) is 3.29. The van der Waals surface area contributed by atoms with Gasteiger partial charge in [-0.1, -0.05) is 6.07 Å². The molecule has 7 heteroatoms. The van der Waals surface area contributed by atoms with Crippen LogP contribution >= 0.6 is 0 Å². The zero-order valence-electron chi connectivity index (χ0n) is 16.4. The smallest absolute Gasteiger partial charge is 0.220 e. The van der Waals surface area contributed by atoms with E-state index in [9.17, 15) is 4.79 Å². The van der Waals surface area contributed by atoms with Gasteiger partial charge in [-0.15, -0.1) is 0 Å². The molecule has 2 N–H and O–H groups in total. The first-order chi connectivity index (χ1) is 13.2. The Hall–Kier alpha value is -2.44. The number of aliphatic imine (C=N–C) groups is 1. The molecular weight excluding hydrogens is 342 g/mol. The molecule has 1 aromatic rings. The third-order valence-electron chi connectivity index (χ3n) is 5.02. The van der Waals surface area contributed by atoms with Gasteiger partial charge in [0, 0.05) is 64.0 Å². The maximum atomic E-state index is 11.7. The molecule has 2 aliphatic rings. The van der Waals surface area contributed by atoms with Crippen molar-refractivity contribution in [2.24, 2.45) is 4.99 Å². The number of benzene rings is 1. The van der Waals surface area contributed by atoms with Gasteiger partial charge in [0.05, 0.1) is 7.11 Å². The van der Waals surface area contributed by atoms with Gasteiger partial charge in [-0.05, 0) is 31.4 Å². The summed E-state index contributed by atoms with van der Waals surface area (Å²) >= 11 is 0. The Bertz CT molecular complexity index is 652. The second-order valence-corrected chi connectivity index (χ2v) is 7.09. The van der Waals surface area contributed by atoms with Crippen LogP contribution in [0.25, 0.3) is 0 Å². The molecule has 0 spiro atoms. The zero-order valence-corrected chi connectivity index (χ0v) is 16.4. The number of anilines is 1. The van der Waals surface area contributed by atoms with E-state index in [-0.39, 0.29) is 5.91 Å². The first kappa shape index (κ1) is 19.3. The maximum absolute atomic E-state index is 11.7. The van der Waals surface area contributed by atoms with Crippen molar-refractivity contribution < 1.29 is 9.53 Å². The SMILES string of the molecule is CN=C(NCCCC(=O)NC1CC1)N1CCN(c2cccc(OC)c2)CC1. The lowest BCUT2D eigenvalue weighted by Gasteiger charge is -2.37. The number of ether oxygens (including phenoxy) is 1. The molecule has 2 fully saturated rings. The van der Waals surface area contributed by atoms with Crippen LogP contribution in [0.4, 0.5) is 5.69 Å². The molecule has 1 saturated heterocycles. The van der Waals surface area contributed by atoms with E-state index in [2.05, 4.69) is 37.6 Å². The molecule has 1 amide bonds. The van der Waals surface area contributed by atoms with E-state index in [1.165, 1.54) is 5.69 Å². The zero-order chi connectivity index (χ0) is 19.1. The molecule has 0 bridgehead atoms. The summed E-state index contributed by atoms with van der Waals surface area (Å²) < 4.78 is 5.32. The van der Waals surface area contributed by atoms with Crippen molar-refractivity contribution in [1.29, 1.82) is 0 Å². The lowest BCUT2D eigenvalue weighted by molar-refractivity contribution is -0.121. The molecule has 3 rings (SSSR count). The fraction of sp³-hybridized carbons (Fsp3) is 0.600. The minimum atomic E-state index is 0.168. The number of nitrogens with one attached hydrogen (secondary N) is 2. The molecule has 0 radical (unpaired) electrons. The second-order valence-electron chi connectivity index (χ2n) is 7.09. The fourth-order valence-electron chi connectivity index (χ4n) is 3.29. The summed E-state index contributed by atoms with van der Waals surface area (Å²) in [6, 6.07) is 8.64. The maximum Gasteiger partial charge on any atom is 0.220 e. The molecule has 27 heavy (non-hydrogen) atoms. The molecule has 0 aromatic heterocycles. The molecule has 1 aliphatic carbocycles. The summed E-state index contributed by atoms with van der Waals surface area (Å²) in [7, 11) is 3.51. The van der Waals surface area contributed by atoms with Gasteiger partial charge in [-0.3, -0.25) is 9.79 Å². The van der Waals surface area contributed by atoms with Crippen LogP contribution in [0.1, 0.15) is 25.7 Å². The van der Waals surface area contributed by atoms with Gasteiger partial charge in [-0.25, -0.2) is 0 Å². The Labute approximate surface area is 161 Å². The Morgan fingerprint density at radius 1 is 1.26 bits per heavy atom. The normalized spacial score (nSPS) is 17.6. The average molecular weight is 374 g/mol. The lowest BCUT2D eigenvalue weighted by atomic mass is 10.2. The number of hydrogen-bond donors (Lipinski definition) is 2. The van der Waals surface area contributed by atoms with Crippen molar-refractivity contribution in [3.8, 4) is 5.75 Å². The molecule has 1 heterocycles. The van der Waals surface area contributed by atoms with Crippen LogP contribution in [0.5, 0.6) is 5.75 Å². The molecular formula is C20H31N5O2. The number of piperazine rings is 1. The number of methoxy groups -OCH3 is 1. The third kappa shape index (κ3) is 5.77. The van der Waals surface area contributed by atoms with Crippen LogP contribution in [0, 0.1) is 0 Å². The molecule has 0 atom stereocenters. The molecule has 1 aromatic carbocycles. The summed E-state index contributed by atoms with van der Waals surface area (Å²) in [5.41, 5.74) is 1.19. The Morgan fingerprint density at radius 3 is 2.70 bits per heavy atom.